The van der Waals surface area contributed by atoms with Crippen LogP contribution in [0.15, 0.2) is 42.5 Å². The van der Waals surface area contributed by atoms with Crippen molar-refractivity contribution in [1.82, 2.24) is 9.62 Å². The molecule has 8 heteroatoms. The first kappa shape index (κ1) is 26.2. The number of phenolic OH excluding ortho intramolecular Hbond substituents is 1. The second-order valence-corrected chi connectivity index (χ2v) is 11.4. The molecule has 0 atom stereocenters. The lowest BCUT2D eigenvalue weighted by molar-refractivity contribution is -0.135. The van der Waals surface area contributed by atoms with E-state index in [1.165, 1.54) is 0 Å². The molecule has 3 rings (SSSR count). The van der Waals surface area contributed by atoms with Gasteiger partial charge in [0.1, 0.15) is 5.75 Å². The van der Waals surface area contributed by atoms with Gasteiger partial charge in [-0.1, -0.05) is 56.7 Å². The Bertz CT molecular complexity index is 1090. The number of unbranched alkanes of at least 4 members (excludes halogenated alkanes) is 1. The number of ether oxygens (including phenoxy) is 1. The fraction of sp³-hybridized carbons (Fsp3) is 0.500. The van der Waals surface area contributed by atoms with Crippen LogP contribution in [0.1, 0.15) is 50.7 Å². The highest BCUT2D eigenvalue weighted by Crippen LogP contribution is 2.37. The summed E-state index contributed by atoms with van der Waals surface area (Å²) >= 11 is 0. The Balaban J connectivity index is 1.63. The van der Waals surface area contributed by atoms with Crippen molar-refractivity contribution in [2.45, 2.75) is 51.5 Å². The van der Waals surface area contributed by atoms with Gasteiger partial charge < -0.3 is 14.7 Å². The molecule has 0 unspecified atom stereocenters. The zero-order valence-corrected chi connectivity index (χ0v) is 21.2. The number of amides is 1. The Labute approximate surface area is 203 Å². The summed E-state index contributed by atoms with van der Waals surface area (Å²) in [5.41, 5.74) is 3.12. The summed E-state index contributed by atoms with van der Waals surface area (Å²) in [6.07, 6.45) is 4.34. The highest BCUT2D eigenvalue weighted by Gasteiger charge is 2.23. The van der Waals surface area contributed by atoms with Crippen LogP contribution in [0.3, 0.4) is 0 Å². The standard InChI is InChI=1S/C26H36N2O5S/c1-26(2,13-7-6-10-25(30)28-14-16-33-17-15-28)21-11-12-23(24(29)18-21)22-9-5-4-8-20(22)19-27-34(3,31)32/h4-5,8-9,11-12,18,27,29H,6-7,10,13-17,19H2,1-3H3. The van der Waals surface area contributed by atoms with Crippen molar-refractivity contribution in [3.05, 3.63) is 53.6 Å². The number of sulfonamides is 1. The minimum Gasteiger partial charge on any atom is -0.507 e. The van der Waals surface area contributed by atoms with Crippen LogP contribution >= 0.6 is 0 Å². The summed E-state index contributed by atoms with van der Waals surface area (Å²) in [5, 5.41) is 10.9. The first-order chi connectivity index (χ1) is 16.1. The fourth-order valence-corrected chi connectivity index (χ4v) is 4.70. The van der Waals surface area contributed by atoms with Crippen LogP contribution < -0.4 is 4.72 Å². The number of benzene rings is 2. The van der Waals surface area contributed by atoms with Crippen LogP contribution in [-0.4, -0.2) is 56.9 Å². The molecule has 0 spiro atoms. The molecule has 186 valence electrons. The maximum absolute atomic E-state index is 12.3. The lowest BCUT2D eigenvalue weighted by Gasteiger charge is -2.28. The second-order valence-electron chi connectivity index (χ2n) is 9.57. The summed E-state index contributed by atoms with van der Waals surface area (Å²) in [4.78, 5) is 14.2. The zero-order chi connectivity index (χ0) is 24.8. The average Bonchev–Trinajstić information content (AvgIpc) is 2.80. The van der Waals surface area contributed by atoms with Crippen molar-refractivity contribution in [3.8, 4) is 16.9 Å². The third-order valence-electron chi connectivity index (χ3n) is 6.42. The lowest BCUT2D eigenvalue weighted by Crippen LogP contribution is -2.40. The maximum Gasteiger partial charge on any atom is 0.222 e. The summed E-state index contributed by atoms with van der Waals surface area (Å²) in [5.74, 6) is 0.368. The molecule has 0 radical (unpaired) electrons. The largest absolute Gasteiger partial charge is 0.507 e. The van der Waals surface area contributed by atoms with Gasteiger partial charge in [-0.3, -0.25) is 4.79 Å². The van der Waals surface area contributed by atoms with Crippen molar-refractivity contribution in [1.29, 1.82) is 0 Å². The number of morpholine rings is 1. The van der Waals surface area contributed by atoms with E-state index in [9.17, 15) is 18.3 Å². The Morgan fingerprint density at radius 3 is 2.47 bits per heavy atom. The van der Waals surface area contributed by atoms with Crippen LogP contribution in [0, 0.1) is 0 Å². The molecule has 1 aliphatic heterocycles. The molecule has 1 saturated heterocycles. The number of carbonyl (C=O) groups excluding carboxylic acids is 1. The van der Waals surface area contributed by atoms with Crippen LogP contribution in [0.4, 0.5) is 0 Å². The molecule has 0 saturated carbocycles. The van der Waals surface area contributed by atoms with E-state index in [-0.39, 0.29) is 23.6 Å². The van der Waals surface area contributed by atoms with Crippen LogP contribution in [-0.2, 0) is 31.5 Å². The summed E-state index contributed by atoms with van der Waals surface area (Å²) in [6.45, 7) is 7.07. The van der Waals surface area contributed by atoms with Gasteiger partial charge in [-0.05, 0) is 41.0 Å². The highest BCUT2D eigenvalue weighted by atomic mass is 32.2. The molecule has 0 aromatic heterocycles. The molecule has 1 heterocycles. The highest BCUT2D eigenvalue weighted by molar-refractivity contribution is 7.88. The van der Waals surface area contributed by atoms with E-state index in [1.54, 1.807) is 6.07 Å². The van der Waals surface area contributed by atoms with Crippen molar-refractivity contribution >= 4 is 15.9 Å². The number of aromatic hydroxyl groups is 1. The number of hydrogen-bond donors (Lipinski definition) is 2. The number of nitrogens with zero attached hydrogens (tertiary/aromatic N) is 1. The summed E-state index contributed by atoms with van der Waals surface area (Å²) < 4.78 is 30.9. The van der Waals surface area contributed by atoms with Crippen LogP contribution in [0.25, 0.3) is 11.1 Å². The third kappa shape index (κ3) is 7.29. The van der Waals surface area contributed by atoms with Gasteiger partial charge in [-0.15, -0.1) is 0 Å². The number of nitrogens with one attached hydrogen (secondary N) is 1. The van der Waals surface area contributed by atoms with Crippen LogP contribution in [0.5, 0.6) is 5.75 Å². The van der Waals surface area contributed by atoms with Gasteiger partial charge in [-0.2, -0.15) is 0 Å². The van der Waals surface area contributed by atoms with Gasteiger partial charge >= 0.3 is 0 Å². The predicted molar refractivity (Wildman–Crippen MR) is 134 cm³/mol. The van der Waals surface area contributed by atoms with E-state index in [2.05, 4.69) is 18.6 Å². The van der Waals surface area contributed by atoms with Gasteiger partial charge in [0.25, 0.3) is 0 Å². The van der Waals surface area contributed by atoms with Crippen LogP contribution in [0.2, 0.25) is 0 Å². The van der Waals surface area contributed by atoms with Gasteiger partial charge in [0.05, 0.1) is 19.5 Å². The van der Waals surface area contributed by atoms with E-state index >= 15 is 0 Å². The maximum atomic E-state index is 12.3. The minimum absolute atomic E-state index is 0.157. The molecule has 34 heavy (non-hydrogen) atoms. The molecular weight excluding hydrogens is 452 g/mol. The number of phenols is 1. The Morgan fingerprint density at radius 1 is 1.09 bits per heavy atom. The van der Waals surface area contributed by atoms with Crippen molar-refractivity contribution < 1.29 is 23.1 Å². The summed E-state index contributed by atoms with van der Waals surface area (Å²) in [6, 6.07) is 13.2. The third-order valence-corrected chi connectivity index (χ3v) is 7.09. The van der Waals surface area contributed by atoms with Crippen molar-refractivity contribution in [2.24, 2.45) is 0 Å². The topological polar surface area (TPSA) is 95.9 Å². The van der Waals surface area contributed by atoms with Gasteiger partial charge in [-0.25, -0.2) is 13.1 Å². The molecular formula is C26H36N2O5S. The molecule has 7 nitrogen and oxygen atoms in total. The molecule has 0 aliphatic carbocycles. The van der Waals surface area contributed by atoms with E-state index in [0.29, 0.717) is 38.3 Å². The smallest absolute Gasteiger partial charge is 0.222 e. The van der Waals surface area contributed by atoms with Gasteiger partial charge in [0.15, 0.2) is 0 Å². The van der Waals surface area contributed by atoms with E-state index in [0.717, 1.165) is 42.2 Å². The fourth-order valence-electron chi connectivity index (χ4n) is 4.28. The first-order valence-electron chi connectivity index (χ1n) is 11.8. The Morgan fingerprint density at radius 2 is 1.79 bits per heavy atom. The van der Waals surface area contributed by atoms with Gasteiger partial charge in [0.2, 0.25) is 15.9 Å². The predicted octanol–water partition coefficient (Wildman–Crippen LogP) is 3.81. The monoisotopic (exact) mass is 488 g/mol. The number of hydrogen-bond acceptors (Lipinski definition) is 5. The molecule has 1 fully saturated rings. The van der Waals surface area contributed by atoms with E-state index in [1.807, 2.05) is 41.3 Å². The molecule has 1 amide bonds. The number of rotatable bonds is 10. The zero-order valence-electron chi connectivity index (χ0n) is 20.3. The molecule has 2 aromatic carbocycles. The normalized spacial score (nSPS) is 14.9. The lowest BCUT2D eigenvalue weighted by atomic mass is 9.79. The van der Waals surface area contributed by atoms with E-state index < -0.39 is 10.0 Å². The molecule has 0 bridgehead atoms. The Kier molecular flexibility index (Phi) is 8.73. The van der Waals surface area contributed by atoms with Crippen molar-refractivity contribution in [3.63, 3.8) is 0 Å². The summed E-state index contributed by atoms with van der Waals surface area (Å²) in [7, 11) is -3.32. The SMILES string of the molecule is CC(C)(CCCCC(=O)N1CCOCC1)c1ccc(-c2ccccc2CNS(C)(=O)=O)c(O)c1. The Hall–Kier alpha value is -2.42. The molecule has 2 aromatic rings. The quantitative estimate of drug-likeness (QED) is 0.496. The first-order valence-corrected chi connectivity index (χ1v) is 13.7. The number of carbonyl (C=O) groups is 1. The van der Waals surface area contributed by atoms with Gasteiger partial charge in [0, 0.05) is 31.6 Å². The average molecular weight is 489 g/mol. The minimum atomic E-state index is -3.32. The molecule has 2 N–H and O–H groups in total. The second kappa shape index (κ2) is 11.3. The molecule has 1 aliphatic rings. The van der Waals surface area contributed by atoms with Crippen molar-refractivity contribution in [2.75, 3.05) is 32.6 Å². The van der Waals surface area contributed by atoms with E-state index in [4.69, 9.17) is 4.74 Å².